The summed E-state index contributed by atoms with van der Waals surface area (Å²) in [5, 5.41) is 24.7. The van der Waals surface area contributed by atoms with Crippen LogP contribution in [0, 0.1) is 18.3 Å². The number of thiazole rings is 1. The smallest absolute Gasteiger partial charge is 0.307 e. The minimum Gasteiger partial charge on any atom is -0.481 e. The Labute approximate surface area is 202 Å². The molecule has 1 aromatic carbocycles. The molecular formula is C25H29FN4O3S. The third kappa shape index (κ3) is 4.95. The molecule has 3 aromatic rings. The summed E-state index contributed by atoms with van der Waals surface area (Å²) in [6, 6.07) is 7.46. The molecule has 3 atom stereocenters. The van der Waals surface area contributed by atoms with E-state index in [1.54, 1.807) is 12.3 Å². The second kappa shape index (κ2) is 9.03. The number of alkyl halides is 1. The Morgan fingerprint density at radius 3 is 2.74 bits per heavy atom. The number of nitrogens with zero attached hydrogens (tertiary/aromatic N) is 3. The van der Waals surface area contributed by atoms with Gasteiger partial charge in [0.15, 0.2) is 0 Å². The van der Waals surface area contributed by atoms with Gasteiger partial charge in [0.25, 0.3) is 0 Å². The van der Waals surface area contributed by atoms with E-state index in [9.17, 15) is 19.4 Å². The first-order chi connectivity index (χ1) is 16.0. The van der Waals surface area contributed by atoms with Crippen LogP contribution in [0.5, 0.6) is 0 Å². The summed E-state index contributed by atoms with van der Waals surface area (Å²) in [6.45, 7) is 7.19. The van der Waals surface area contributed by atoms with Crippen molar-refractivity contribution in [1.82, 2.24) is 15.0 Å². The van der Waals surface area contributed by atoms with Gasteiger partial charge in [-0.1, -0.05) is 19.9 Å². The Kier molecular flexibility index (Phi) is 6.44. The summed E-state index contributed by atoms with van der Waals surface area (Å²) in [4.78, 5) is 25.5. The van der Waals surface area contributed by atoms with E-state index in [1.165, 1.54) is 24.5 Å². The summed E-state index contributed by atoms with van der Waals surface area (Å²) in [5.74, 6) is -0.990. The van der Waals surface area contributed by atoms with Crippen molar-refractivity contribution in [2.45, 2.75) is 58.7 Å². The van der Waals surface area contributed by atoms with Gasteiger partial charge in [0.1, 0.15) is 16.8 Å². The molecule has 1 aliphatic rings. The van der Waals surface area contributed by atoms with Gasteiger partial charge < -0.3 is 15.5 Å². The number of aromatic nitrogens is 3. The number of hydrogen-bond acceptors (Lipinski definition) is 7. The standard InChI is InChI=1S/C25H29FN4O3S/c1-14-9-16(11-17(10-14)29-23-27-8-6-19(30-23)15(2)26)20-12-28-22(34-20)25(33)7-5-18(21(31)32)24(3,4)13-25/h6,8-12,15,18,33H,5,7,13H2,1-4H3,(H,31,32)(H,27,29,30)/t15-,18?,25?/m0/s1. The minimum absolute atomic E-state index is 0.311. The SMILES string of the molecule is Cc1cc(Nc2nccc([C@H](C)F)n2)cc(-c2cnc(C3(O)CCC(C(=O)O)C(C)(C)C3)s2)c1. The highest BCUT2D eigenvalue weighted by atomic mass is 32.1. The number of nitrogens with one attached hydrogen (secondary N) is 1. The average molecular weight is 485 g/mol. The van der Waals surface area contributed by atoms with E-state index in [2.05, 4.69) is 20.3 Å². The van der Waals surface area contributed by atoms with Gasteiger partial charge in [-0.25, -0.2) is 19.3 Å². The van der Waals surface area contributed by atoms with Crippen LogP contribution in [0.2, 0.25) is 0 Å². The fraction of sp³-hybridized carbons (Fsp3) is 0.440. The maximum absolute atomic E-state index is 13.6. The van der Waals surface area contributed by atoms with Crippen LogP contribution in [0.25, 0.3) is 10.4 Å². The van der Waals surface area contributed by atoms with Crippen molar-refractivity contribution in [1.29, 1.82) is 0 Å². The lowest BCUT2D eigenvalue weighted by Crippen LogP contribution is -2.44. The van der Waals surface area contributed by atoms with Crippen molar-refractivity contribution in [2.75, 3.05) is 5.32 Å². The fourth-order valence-electron chi connectivity index (χ4n) is 4.78. The first-order valence-corrected chi connectivity index (χ1v) is 12.1. The maximum Gasteiger partial charge on any atom is 0.307 e. The summed E-state index contributed by atoms with van der Waals surface area (Å²) in [6.07, 6.45) is 3.19. The Morgan fingerprint density at radius 2 is 2.06 bits per heavy atom. The van der Waals surface area contributed by atoms with E-state index in [-0.39, 0.29) is 0 Å². The second-order valence-electron chi connectivity index (χ2n) is 9.79. The molecule has 1 saturated carbocycles. The van der Waals surface area contributed by atoms with E-state index in [0.717, 1.165) is 21.7 Å². The Balaban J connectivity index is 1.59. The number of aliphatic carboxylic acids is 1. The Bertz CT molecular complexity index is 1210. The van der Waals surface area contributed by atoms with Crippen molar-refractivity contribution in [3.8, 4) is 10.4 Å². The summed E-state index contributed by atoms with van der Waals surface area (Å²) in [5.41, 5.74) is 1.30. The van der Waals surface area contributed by atoms with E-state index >= 15 is 0 Å². The lowest BCUT2D eigenvalue weighted by Gasteiger charge is -2.44. The van der Waals surface area contributed by atoms with Crippen LogP contribution in [0.3, 0.4) is 0 Å². The molecule has 0 bridgehead atoms. The van der Waals surface area contributed by atoms with Gasteiger partial charge in [0.2, 0.25) is 5.95 Å². The largest absolute Gasteiger partial charge is 0.481 e. The number of rotatable bonds is 6. The van der Waals surface area contributed by atoms with E-state index in [4.69, 9.17) is 0 Å². The first kappa shape index (κ1) is 24.2. The first-order valence-electron chi connectivity index (χ1n) is 11.2. The van der Waals surface area contributed by atoms with Crippen LogP contribution in [0.4, 0.5) is 16.0 Å². The van der Waals surface area contributed by atoms with Gasteiger partial charge in [-0.15, -0.1) is 11.3 Å². The number of benzene rings is 1. The quantitative estimate of drug-likeness (QED) is 0.407. The number of carbonyl (C=O) groups is 1. The normalized spacial score (nSPS) is 22.8. The Hall–Kier alpha value is -2.91. The highest BCUT2D eigenvalue weighted by Gasteiger charge is 2.49. The van der Waals surface area contributed by atoms with Gasteiger partial charge in [0.05, 0.1) is 16.5 Å². The molecule has 9 heteroatoms. The van der Waals surface area contributed by atoms with E-state index < -0.39 is 29.1 Å². The topological polar surface area (TPSA) is 108 Å². The second-order valence-corrected chi connectivity index (χ2v) is 10.8. The number of anilines is 2. The number of halogens is 1. The number of aliphatic hydroxyl groups is 1. The number of aryl methyl sites for hydroxylation is 1. The molecule has 0 aliphatic heterocycles. The van der Waals surface area contributed by atoms with Gasteiger partial charge in [0, 0.05) is 18.1 Å². The molecule has 4 rings (SSSR count). The molecule has 0 amide bonds. The Morgan fingerprint density at radius 1 is 1.29 bits per heavy atom. The molecule has 3 N–H and O–H groups in total. The maximum atomic E-state index is 13.6. The molecular weight excluding hydrogens is 455 g/mol. The van der Waals surface area contributed by atoms with Crippen LogP contribution in [-0.4, -0.2) is 31.1 Å². The molecule has 1 aliphatic carbocycles. The van der Waals surface area contributed by atoms with E-state index in [1.807, 2.05) is 39.0 Å². The molecule has 2 unspecified atom stereocenters. The van der Waals surface area contributed by atoms with Gasteiger partial charge in [-0.2, -0.15) is 0 Å². The molecule has 7 nitrogen and oxygen atoms in total. The number of hydrogen-bond donors (Lipinski definition) is 3. The van der Waals surface area contributed by atoms with Crippen LogP contribution in [0.15, 0.2) is 36.7 Å². The van der Waals surface area contributed by atoms with Crippen molar-refractivity contribution in [3.05, 3.63) is 52.9 Å². The molecule has 1 fully saturated rings. The van der Waals surface area contributed by atoms with Gasteiger partial charge in [-0.3, -0.25) is 4.79 Å². The fourth-order valence-corrected chi connectivity index (χ4v) is 5.80. The molecule has 0 saturated heterocycles. The lowest BCUT2D eigenvalue weighted by atomic mass is 9.63. The van der Waals surface area contributed by atoms with Crippen molar-refractivity contribution >= 4 is 28.9 Å². The van der Waals surface area contributed by atoms with Crippen molar-refractivity contribution < 1.29 is 19.4 Å². The summed E-state index contributed by atoms with van der Waals surface area (Å²) in [7, 11) is 0. The van der Waals surface area contributed by atoms with Crippen molar-refractivity contribution in [2.24, 2.45) is 11.3 Å². The summed E-state index contributed by atoms with van der Waals surface area (Å²) < 4.78 is 13.6. The molecule has 0 spiro atoms. The predicted octanol–water partition coefficient (Wildman–Crippen LogP) is 5.78. The van der Waals surface area contributed by atoms with Crippen molar-refractivity contribution in [3.63, 3.8) is 0 Å². The zero-order valence-corrected chi connectivity index (χ0v) is 20.5. The highest BCUT2D eigenvalue weighted by molar-refractivity contribution is 7.15. The molecule has 2 heterocycles. The lowest BCUT2D eigenvalue weighted by molar-refractivity contribution is -0.154. The molecule has 2 aromatic heterocycles. The van der Waals surface area contributed by atoms with Crippen LogP contribution >= 0.6 is 11.3 Å². The average Bonchev–Trinajstić information content (AvgIpc) is 3.24. The van der Waals surface area contributed by atoms with Crippen LogP contribution in [0.1, 0.15) is 62.5 Å². The minimum atomic E-state index is -1.19. The zero-order valence-electron chi connectivity index (χ0n) is 19.7. The van der Waals surface area contributed by atoms with Crippen LogP contribution < -0.4 is 5.32 Å². The summed E-state index contributed by atoms with van der Waals surface area (Å²) >= 11 is 1.41. The van der Waals surface area contributed by atoms with Gasteiger partial charge >= 0.3 is 5.97 Å². The van der Waals surface area contributed by atoms with Crippen LogP contribution in [-0.2, 0) is 10.4 Å². The molecule has 34 heavy (non-hydrogen) atoms. The predicted molar refractivity (Wildman–Crippen MR) is 130 cm³/mol. The third-order valence-corrected chi connectivity index (χ3v) is 7.68. The third-order valence-electron chi connectivity index (χ3n) is 6.44. The molecule has 0 radical (unpaired) electrons. The van der Waals surface area contributed by atoms with E-state index in [0.29, 0.717) is 35.9 Å². The highest BCUT2D eigenvalue weighted by Crippen LogP contribution is 2.50. The monoisotopic (exact) mass is 484 g/mol. The number of carboxylic acids is 1. The number of carboxylic acid groups (broad SMARTS) is 1. The van der Waals surface area contributed by atoms with Gasteiger partial charge in [-0.05, 0) is 67.9 Å². The zero-order chi connectivity index (χ0) is 24.7. The molecule has 180 valence electrons.